The molecule has 1 aliphatic heterocycles. The summed E-state index contributed by atoms with van der Waals surface area (Å²) in [4.78, 5) is 11.2. The van der Waals surface area contributed by atoms with Crippen LogP contribution in [-0.4, -0.2) is 25.3 Å². The molecule has 0 spiro atoms. The second kappa shape index (κ2) is 3.83. The summed E-state index contributed by atoms with van der Waals surface area (Å²) in [5.74, 6) is 0.0443. The predicted octanol–water partition coefficient (Wildman–Crippen LogP) is 0.974. The summed E-state index contributed by atoms with van der Waals surface area (Å²) in [5.41, 5.74) is 0. The SMILES string of the molecule is CC(C)C(=O)C1OCCCO1. The van der Waals surface area contributed by atoms with Gasteiger partial charge in [0.25, 0.3) is 0 Å². The van der Waals surface area contributed by atoms with Crippen molar-refractivity contribution in [1.29, 1.82) is 0 Å². The summed E-state index contributed by atoms with van der Waals surface area (Å²) in [6.45, 7) is 4.99. The first kappa shape index (κ1) is 8.68. The van der Waals surface area contributed by atoms with E-state index in [0.29, 0.717) is 13.2 Å². The van der Waals surface area contributed by atoms with E-state index in [1.165, 1.54) is 0 Å². The average molecular weight is 158 g/mol. The van der Waals surface area contributed by atoms with Crippen LogP contribution >= 0.6 is 0 Å². The minimum absolute atomic E-state index is 0.00176. The molecule has 0 radical (unpaired) electrons. The van der Waals surface area contributed by atoms with Gasteiger partial charge in [-0.25, -0.2) is 0 Å². The van der Waals surface area contributed by atoms with Gasteiger partial charge in [0.05, 0.1) is 13.2 Å². The molecule has 1 rings (SSSR count). The molecule has 0 aromatic carbocycles. The molecule has 1 saturated heterocycles. The lowest BCUT2D eigenvalue weighted by atomic mass is 10.1. The topological polar surface area (TPSA) is 35.5 Å². The highest BCUT2D eigenvalue weighted by Gasteiger charge is 2.24. The summed E-state index contributed by atoms with van der Waals surface area (Å²) < 4.78 is 10.3. The third kappa shape index (κ3) is 2.27. The van der Waals surface area contributed by atoms with Crippen LogP contribution in [0.15, 0.2) is 0 Å². The standard InChI is InChI=1S/C8H14O3/c1-6(2)7(9)8-10-4-3-5-11-8/h6,8H,3-5H2,1-2H3. The first-order valence-corrected chi connectivity index (χ1v) is 3.98. The molecular weight excluding hydrogens is 144 g/mol. The molecule has 1 fully saturated rings. The number of ether oxygens (including phenoxy) is 2. The van der Waals surface area contributed by atoms with Crippen LogP contribution in [0.3, 0.4) is 0 Å². The number of ketones is 1. The lowest BCUT2D eigenvalue weighted by molar-refractivity contribution is -0.191. The number of carbonyl (C=O) groups excluding carboxylic acids is 1. The maximum Gasteiger partial charge on any atom is 0.218 e. The summed E-state index contributed by atoms with van der Waals surface area (Å²) in [5, 5.41) is 0. The Morgan fingerprint density at radius 2 is 1.91 bits per heavy atom. The number of hydrogen-bond acceptors (Lipinski definition) is 3. The first-order chi connectivity index (χ1) is 5.22. The Labute approximate surface area is 66.7 Å². The minimum atomic E-state index is -0.594. The van der Waals surface area contributed by atoms with Crippen molar-refractivity contribution in [2.45, 2.75) is 26.6 Å². The Hall–Kier alpha value is -0.410. The van der Waals surface area contributed by atoms with E-state index < -0.39 is 6.29 Å². The van der Waals surface area contributed by atoms with Gasteiger partial charge in [0, 0.05) is 5.92 Å². The van der Waals surface area contributed by atoms with Gasteiger partial charge in [0.1, 0.15) is 0 Å². The lowest BCUT2D eigenvalue weighted by Crippen LogP contribution is -2.35. The summed E-state index contributed by atoms with van der Waals surface area (Å²) in [6, 6.07) is 0. The number of hydrogen-bond donors (Lipinski definition) is 0. The average Bonchev–Trinajstić information content (AvgIpc) is 2.05. The highest BCUT2D eigenvalue weighted by molar-refractivity contribution is 5.83. The first-order valence-electron chi connectivity index (χ1n) is 3.98. The van der Waals surface area contributed by atoms with Crippen LogP contribution in [0, 0.1) is 5.92 Å². The molecule has 0 bridgehead atoms. The van der Waals surface area contributed by atoms with Crippen molar-refractivity contribution in [2.24, 2.45) is 5.92 Å². The van der Waals surface area contributed by atoms with Crippen molar-refractivity contribution in [3.05, 3.63) is 0 Å². The van der Waals surface area contributed by atoms with Crippen molar-refractivity contribution in [3.8, 4) is 0 Å². The Kier molecular flexibility index (Phi) is 3.02. The van der Waals surface area contributed by atoms with E-state index in [-0.39, 0.29) is 11.7 Å². The predicted molar refractivity (Wildman–Crippen MR) is 40.2 cm³/mol. The summed E-state index contributed by atoms with van der Waals surface area (Å²) in [7, 11) is 0. The zero-order chi connectivity index (χ0) is 8.27. The largest absolute Gasteiger partial charge is 0.346 e. The van der Waals surface area contributed by atoms with Gasteiger partial charge in [-0.05, 0) is 6.42 Å². The highest BCUT2D eigenvalue weighted by Crippen LogP contribution is 2.10. The van der Waals surface area contributed by atoms with Gasteiger partial charge in [-0.2, -0.15) is 0 Å². The van der Waals surface area contributed by atoms with Crippen LogP contribution in [0.25, 0.3) is 0 Å². The van der Waals surface area contributed by atoms with E-state index in [4.69, 9.17) is 9.47 Å². The summed E-state index contributed by atoms with van der Waals surface area (Å²) in [6.07, 6.45) is 0.297. The Bertz CT molecular complexity index is 136. The number of carbonyl (C=O) groups is 1. The molecule has 0 aliphatic carbocycles. The molecule has 0 amide bonds. The second-order valence-corrected chi connectivity index (χ2v) is 2.98. The van der Waals surface area contributed by atoms with Crippen LogP contribution in [0.5, 0.6) is 0 Å². The van der Waals surface area contributed by atoms with E-state index in [9.17, 15) is 4.79 Å². The molecule has 0 unspecified atom stereocenters. The third-order valence-electron chi connectivity index (χ3n) is 1.63. The van der Waals surface area contributed by atoms with Crippen LogP contribution < -0.4 is 0 Å². The minimum Gasteiger partial charge on any atom is -0.346 e. The van der Waals surface area contributed by atoms with Gasteiger partial charge in [-0.15, -0.1) is 0 Å². The quantitative estimate of drug-likeness (QED) is 0.600. The van der Waals surface area contributed by atoms with Crippen molar-refractivity contribution in [3.63, 3.8) is 0 Å². The van der Waals surface area contributed by atoms with Crippen molar-refractivity contribution < 1.29 is 14.3 Å². The van der Waals surface area contributed by atoms with Gasteiger partial charge >= 0.3 is 0 Å². The van der Waals surface area contributed by atoms with Crippen molar-refractivity contribution in [2.75, 3.05) is 13.2 Å². The number of Topliss-reactive ketones (excluding diaryl/α,β-unsaturated/α-hetero) is 1. The molecule has 3 nitrogen and oxygen atoms in total. The molecule has 0 aromatic heterocycles. The summed E-state index contributed by atoms with van der Waals surface area (Å²) >= 11 is 0. The Morgan fingerprint density at radius 3 is 2.36 bits per heavy atom. The maximum atomic E-state index is 11.2. The van der Waals surface area contributed by atoms with Gasteiger partial charge in [0.15, 0.2) is 5.78 Å². The fourth-order valence-corrected chi connectivity index (χ4v) is 0.924. The highest BCUT2D eigenvalue weighted by atomic mass is 16.7. The molecule has 3 heteroatoms. The Morgan fingerprint density at radius 1 is 1.36 bits per heavy atom. The van der Waals surface area contributed by atoms with Crippen LogP contribution in [0.2, 0.25) is 0 Å². The molecule has 0 atom stereocenters. The maximum absolute atomic E-state index is 11.2. The van der Waals surface area contributed by atoms with Crippen molar-refractivity contribution >= 4 is 5.78 Å². The van der Waals surface area contributed by atoms with E-state index >= 15 is 0 Å². The third-order valence-corrected chi connectivity index (χ3v) is 1.63. The van der Waals surface area contributed by atoms with Crippen LogP contribution in [0.1, 0.15) is 20.3 Å². The number of rotatable bonds is 2. The van der Waals surface area contributed by atoms with Crippen LogP contribution in [0.4, 0.5) is 0 Å². The Balaban J connectivity index is 2.39. The molecule has 1 heterocycles. The fourth-order valence-electron chi connectivity index (χ4n) is 0.924. The molecule has 1 aliphatic rings. The van der Waals surface area contributed by atoms with Crippen LogP contribution in [-0.2, 0) is 14.3 Å². The molecular formula is C8H14O3. The molecule has 0 N–H and O–H groups in total. The molecule has 64 valence electrons. The second-order valence-electron chi connectivity index (χ2n) is 2.98. The van der Waals surface area contributed by atoms with Gasteiger partial charge in [-0.1, -0.05) is 13.8 Å². The van der Waals surface area contributed by atoms with Crippen molar-refractivity contribution in [1.82, 2.24) is 0 Å². The lowest BCUT2D eigenvalue weighted by Gasteiger charge is -2.23. The zero-order valence-corrected chi connectivity index (χ0v) is 7.00. The van der Waals surface area contributed by atoms with E-state index in [1.54, 1.807) is 0 Å². The fraction of sp³-hybridized carbons (Fsp3) is 0.875. The van der Waals surface area contributed by atoms with Gasteiger partial charge in [-0.3, -0.25) is 4.79 Å². The molecule has 0 saturated carbocycles. The van der Waals surface area contributed by atoms with Gasteiger partial charge < -0.3 is 9.47 Å². The monoisotopic (exact) mass is 158 g/mol. The van der Waals surface area contributed by atoms with Gasteiger partial charge in [0.2, 0.25) is 6.29 Å². The molecule has 0 aromatic rings. The van der Waals surface area contributed by atoms with E-state index in [0.717, 1.165) is 6.42 Å². The van der Waals surface area contributed by atoms with E-state index in [1.807, 2.05) is 13.8 Å². The van der Waals surface area contributed by atoms with E-state index in [2.05, 4.69) is 0 Å². The normalized spacial score (nSPS) is 20.6. The smallest absolute Gasteiger partial charge is 0.218 e. The molecule has 11 heavy (non-hydrogen) atoms. The zero-order valence-electron chi connectivity index (χ0n) is 7.00.